The molecule has 1 fully saturated rings. The molecule has 1 saturated heterocycles. The van der Waals surface area contributed by atoms with Crippen LogP contribution in [0.3, 0.4) is 0 Å². The fraction of sp³-hybridized carbons (Fsp3) is 0.467. The summed E-state index contributed by atoms with van der Waals surface area (Å²) in [4.78, 5) is 24.6. The molecule has 1 aliphatic rings. The molecule has 0 aromatic carbocycles. The molecule has 1 atom stereocenters. The van der Waals surface area contributed by atoms with Gasteiger partial charge in [-0.05, 0) is 31.9 Å². The maximum atomic E-state index is 12.3. The Morgan fingerprint density at radius 1 is 1.45 bits per heavy atom. The van der Waals surface area contributed by atoms with E-state index in [0.717, 1.165) is 30.8 Å². The van der Waals surface area contributed by atoms with Gasteiger partial charge >= 0.3 is 0 Å². The number of carbonyl (C=O) groups excluding carboxylic acids is 1. The summed E-state index contributed by atoms with van der Waals surface area (Å²) in [5, 5.41) is 3.81. The highest BCUT2D eigenvalue weighted by atomic mass is 16.5. The molecule has 1 aliphatic heterocycles. The minimum Gasteiger partial charge on any atom is -0.347 e. The minimum atomic E-state index is -0.151. The van der Waals surface area contributed by atoms with Crippen molar-refractivity contribution in [3.63, 3.8) is 0 Å². The van der Waals surface area contributed by atoms with Gasteiger partial charge in [-0.1, -0.05) is 5.16 Å². The van der Waals surface area contributed by atoms with E-state index in [9.17, 15) is 4.79 Å². The lowest BCUT2D eigenvalue weighted by molar-refractivity contribution is -0.129. The summed E-state index contributed by atoms with van der Waals surface area (Å²) in [6.45, 7) is 2.60. The molecule has 22 heavy (non-hydrogen) atoms. The summed E-state index contributed by atoms with van der Waals surface area (Å²) in [7, 11) is 3.56. The van der Waals surface area contributed by atoms with Crippen LogP contribution < -0.4 is 4.90 Å². The van der Waals surface area contributed by atoms with Crippen molar-refractivity contribution >= 4 is 11.7 Å². The summed E-state index contributed by atoms with van der Waals surface area (Å²) >= 11 is 0. The zero-order valence-corrected chi connectivity index (χ0v) is 13.0. The van der Waals surface area contributed by atoms with Crippen LogP contribution in [0.25, 0.3) is 11.5 Å². The maximum absolute atomic E-state index is 12.3. The number of pyridine rings is 1. The molecule has 7 nitrogen and oxygen atoms in total. The summed E-state index contributed by atoms with van der Waals surface area (Å²) in [6, 6.07) is 3.57. The zero-order chi connectivity index (χ0) is 15.7. The third kappa shape index (κ3) is 2.66. The van der Waals surface area contributed by atoms with E-state index >= 15 is 0 Å². The Morgan fingerprint density at radius 2 is 2.27 bits per heavy atom. The van der Waals surface area contributed by atoms with Crippen LogP contribution in [-0.2, 0) is 4.79 Å². The van der Waals surface area contributed by atoms with Crippen molar-refractivity contribution in [2.75, 3.05) is 25.5 Å². The molecule has 2 aromatic heterocycles. The van der Waals surface area contributed by atoms with Crippen molar-refractivity contribution in [3.8, 4) is 11.5 Å². The predicted octanol–water partition coefficient (Wildman–Crippen LogP) is 1.50. The summed E-state index contributed by atoms with van der Waals surface area (Å²) in [5.41, 5.74) is 0.813. The average Bonchev–Trinajstić information content (AvgIpc) is 3.15. The van der Waals surface area contributed by atoms with Crippen LogP contribution in [0.15, 0.2) is 22.9 Å². The first kappa shape index (κ1) is 14.5. The fourth-order valence-electron chi connectivity index (χ4n) is 2.72. The first-order chi connectivity index (χ1) is 10.6. The van der Waals surface area contributed by atoms with Gasteiger partial charge in [-0.2, -0.15) is 4.98 Å². The van der Waals surface area contributed by atoms with Gasteiger partial charge in [-0.15, -0.1) is 0 Å². The largest absolute Gasteiger partial charge is 0.347 e. The number of nitrogens with zero attached hydrogens (tertiary/aromatic N) is 5. The molecule has 2 aromatic rings. The van der Waals surface area contributed by atoms with Crippen LogP contribution >= 0.6 is 0 Å². The van der Waals surface area contributed by atoms with E-state index in [0.29, 0.717) is 11.7 Å². The molecule has 0 saturated carbocycles. The molecular formula is C15H19N5O2. The average molecular weight is 301 g/mol. The maximum Gasteiger partial charge on any atom is 0.258 e. The van der Waals surface area contributed by atoms with Gasteiger partial charge < -0.3 is 14.3 Å². The number of hydrogen-bond donors (Lipinski definition) is 0. The zero-order valence-electron chi connectivity index (χ0n) is 13.0. The molecule has 0 radical (unpaired) electrons. The lowest BCUT2D eigenvalue weighted by Gasteiger charge is -2.27. The number of hydrogen-bond acceptors (Lipinski definition) is 6. The fourth-order valence-corrected chi connectivity index (χ4v) is 2.72. The molecule has 0 unspecified atom stereocenters. The molecule has 0 N–H and O–H groups in total. The number of rotatable bonds is 3. The van der Waals surface area contributed by atoms with Crippen molar-refractivity contribution in [3.05, 3.63) is 24.2 Å². The Hall–Kier alpha value is -2.44. The Morgan fingerprint density at radius 3 is 2.95 bits per heavy atom. The van der Waals surface area contributed by atoms with E-state index in [-0.39, 0.29) is 11.9 Å². The van der Waals surface area contributed by atoms with Gasteiger partial charge in [0.2, 0.25) is 5.91 Å². The van der Waals surface area contributed by atoms with Gasteiger partial charge in [0.15, 0.2) is 5.82 Å². The van der Waals surface area contributed by atoms with Crippen molar-refractivity contribution < 1.29 is 9.32 Å². The third-order valence-corrected chi connectivity index (χ3v) is 3.79. The van der Waals surface area contributed by atoms with Crippen molar-refractivity contribution in [1.29, 1.82) is 0 Å². The van der Waals surface area contributed by atoms with Crippen LogP contribution in [0.4, 0.5) is 5.82 Å². The van der Waals surface area contributed by atoms with E-state index < -0.39 is 0 Å². The van der Waals surface area contributed by atoms with E-state index in [2.05, 4.69) is 20.0 Å². The van der Waals surface area contributed by atoms with E-state index in [1.807, 2.05) is 12.1 Å². The summed E-state index contributed by atoms with van der Waals surface area (Å²) < 4.78 is 5.20. The Kier molecular flexibility index (Phi) is 3.79. The first-order valence-electron chi connectivity index (χ1n) is 7.31. The summed E-state index contributed by atoms with van der Waals surface area (Å²) in [5.74, 6) is 1.94. The molecule has 3 heterocycles. The second kappa shape index (κ2) is 5.75. The standard InChI is InChI=1S/C15H19N5O2/c1-10-17-14(22-18-10)11-6-7-16-13(9-11)20-8-4-5-12(20)15(21)19(2)3/h6-7,9,12H,4-5,8H2,1-3H3/t12-/m1/s1. The molecule has 0 bridgehead atoms. The number of aryl methyl sites for hydroxylation is 1. The van der Waals surface area contributed by atoms with Gasteiger partial charge in [0.05, 0.1) is 0 Å². The highest BCUT2D eigenvalue weighted by molar-refractivity contribution is 5.85. The topological polar surface area (TPSA) is 75.4 Å². The molecule has 0 spiro atoms. The van der Waals surface area contributed by atoms with Gasteiger partial charge in [-0.25, -0.2) is 4.98 Å². The third-order valence-electron chi connectivity index (χ3n) is 3.79. The Labute approximate surface area is 128 Å². The van der Waals surface area contributed by atoms with Crippen molar-refractivity contribution in [1.82, 2.24) is 20.0 Å². The second-order valence-electron chi connectivity index (χ2n) is 5.63. The first-order valence-corrected chi connectivity index (χ1v) is 7.31. The number of anilines is 1. The van der Waals surface area contributed by atoms with Crippen LogP contribution in [0.1, 0.15) is 18.7 Å². The molecular weight excluding hydrogens is 282 g/mol. The minimum absolute atomic E-state index is 0.110. The lowest BCUT2D eigenvalue weighted by Crippen LogP contribution is -2.43. The molecule has 7 heteroatoms. The molecule has 1 amide bonds. The van der Waals surface area contributed by atoms with E-state index in [1.165, 1.54) is 0 Å². The van der Waals surface area contributed by atoms with Gasteiger partial charge in [0.25, 0.3) is 5.89 Å². The van der Waals surface area contributed by atoms with Gasteiger partial charge in [0.1, 0.15) is 11.9 Å². The molecule has 116 valence electrons. The normalized spacial score (nSPS) is 17.8. The SMILES string of the molecule is Cc1noc(-c2ccnc(N3CCC[C@@H]3C(=O)N(C)C)c2)n1. The Bertz CT molecular complexity index is 682. The van der Waals surface area contributed by atoms with Crippen LogP contribution in [-0.4, -0.2) is 52.6 Å². The molecule has 3 rings (SSSR count). The number of aromatic nitrogens is 3. The second-order valence-corrected chi connectivity index (χ2v) is 5.63. The van der Waals surface area contributed by atoms with Gasteiger partial charge in [-0.3, -0.25) is 4.79 Å². The van der Waals surface area contributed by atoms with Crippen molar-refractivity contribution in [2.45, 2.75) is 25.8 Å². The van der Waals surface area contributed by atoms with E-state index in [4.69, 9.17) is 4.52 Å². The quantitative estimate of drug-likeness (QED) is 0.855. The predicted molar refractivity (Wildman–Crippen MR) is 81.3 cm³/mol. The summed E-state index contributed by atoms with van der Waals surface area (Å²) in [6.07, 6.45) is 3.54. The number of amides is 1. The lowest BCUT2D eigenvalue weighted by atomic mass is 10.2. The van der Waals surface area contributed by atoms with Crippen LogP contribution in [0, 0.1) is 6.92 Å². The Balaban J connectivity index is 1.90. The van der Waals surface area contributed by atoms with Crippen LogP contribution in [0.5, 0.6) is 0 Å². The van der Waals surface area contributed by atoms with Crippen molar-refractivity contribution in [2.24, 2.45) is 0 Å². The highest BCUT2D eigenvalue weighted by Gasteiger charge is 2.32. The highest BCUT2D eigenvalue weighted by Crippen LogP contribution is 2.28. The van der Waals surface area contributed by atoms with E-state index in [1.54, 1.807) is 32.1 Å². The molecule has 0 aliphatic carbocycles. The monoisotopic (exact) mass is 301 g/mol. The van der Waals surface area contributed by atoms with Gasteiger partial charge in [0, 0.05) is 32.4 Å². The smallest absolute Gasteiger partial charge is 0.258 e. The van der Waals surface area contributed by atoms with Crippen LogP contribution in [0.2, 0.25) is 0 Å². The number of likely N-dealkylation sites (N-methyl/N-ethyl adjacent to an activating group) is 1. The number of carbonyl (C=O) groups is 1.